The van der Waals surface area contributed by atoms with Gasteiger partial charge >= 0.3 is 6.01 Å². The summed E-state index contributed by atoms with van der Waals surface area (Å²) < 4.78 is 47.9. The number of carbonyl (C=O) groups excluding carboxylic acids is 1. The van der Waals surface area contributed by atoms with E-state index in [-0.39, 0.29) is 24.0 Å². The van der Waals surface area contributed by atoms with Crippen molar-refractivity contribution in [3.05, 3.63) is 126 Å². The largest absolute Gasteiger partial charge is 0.457 e. The molecule has 0 spiro atoms. The molecule has 0 saturated heterocycles. The molecule has 0 saturated carbocycles. The molecule has 184 valence electrons. The minimum Gasteiger partial charge on any atom is -0.457 e. The number of halogens is 3. The van der Waals surface area contributed by atoms with Gasteiger partial charge in [-0.3, -0.25) is 4.79 Å². The number of hydrogen-bond acceptors (Lipinski definition) is 4. The maximum absolute atomic E-state index is 13.9. The standard InChI is InChI=1S/C28H19F3N4O2/c29-20-9-5-18(6-10-20)17-37-28-33-26(19-7-11-21(30)12-8-19)35(34-28)23-15-13-22(14-16-23)32-27(36)24-3-1-2-4-25(24)31/h1-16H,17H2,(H,32,36). The lowest BCUT2D eigenvalue weighted by atomic mass is 10.2. The molecular weight excluding hydrogens is 481 g/mol. The molecule has 0 aliphatic rings. The molecule has 1 heterocycles. The maximum Gasteiger partial charge on any atom is 0.336 e. The van der Waals surface area contributed by atoms with Gasteiger partial charge in [-0.25, -0.2) is 17.9 Å². The Morgan fingerprint density at radius 3 is 2.14 bits per heavy atom. The number of benzene rings is 4. The minimum atomic E-state index is -0.614. The minimum absolute atomic E-state index is 0.0654. The Labute approximate surface area is 210 Å². The Kier molecular flexibility index (Phi) is 6.67. The van der Waals surface area contributed by atoms with Crippen LogP contribution < -0.4 is 10.1 Å². The van der Waals surface area contributed by atoms with Gasteiger partial charge in [0.2, 0.25) is 0 Å². The summed E-state index contributed by atoms with van der Waals surface area (Å²) in [5, 5.41) is 7.10. The summed E-state index contributed by atoms with van der Waals surface area (Å²) in [4.78, 5) is 16.9. The predicted molar refractivity (Wildman–Crippen MR) is 132 cm³/mol. The van der Waals surface area contributed by atoms with Crippen LogP contribution in [0.1, 0.15) is 15.9 Å². The van der Waals surface area contributed by atoms with Gasteiger partial charge < -0.3 is 10.1 Å². The molecule has 0 radical (unpaired) electrons. The van der Waals surface area contributed by atoms with Gasteiger partial charge in [-0.1, -0.05) is 24.3 Å². The number of nitrogens with one attached hydrogen (secondary N) is 1. The van der Waals surface area contributed by atoms with E-state index in [1.54, 1.807) is 54.6 Å². The van der Waals surface area contributed by atoms with Crippen molar-refractivity contribution in [1.29, 1.82) is 0 Å². The lowest BCUT2D eigenvalue weighted by Crippen LogP contribution is -2.13. The Balaban J connectivity index is 1.41. The van der Waals surface area contributed by atoms with Crippen molar-refractivity contribution >= 4 is 11.6 Å². The third-order valence-corrected chi connectivity index (χ3v) is 5.46. The third kappa shape index (κ3) is 5.51. The maximum atomic E-state index is 13.9. The number of hydrogen-bond donors (Lipinski definition) is 1. The van der Waals surface area contributed by atoms with E-state index in [1.807, 2.05) is 0 Å². The quantitative estimate of drug-likeness (QED) is 0.290. The molecular formula is C28H19F3N4O2. The van der Waals surface area contributed by atoms with Crippen molar-refractivity contribution in [1.82, 2.24) is 14.8 Å². The van der Waals surface area contributed by atoms with Crippen LogP contribution >= 0.6 is 0 Å². The van der Waals surface area contributed by atoms with Crippen molar-refractivity contribution in [2.45, 2.75) is 6.61 Å². The summed E-state index contributed by atoms with van der Waals surface area (Å²) in [5.41, 5.74) is 2.31. The van der Waals surface area contributed by atoms with Crippen LogP contribution in [0.3, 0.4) is 0 Å². The van der Waals surface area contributed by atoms with Gasteiger partial charge in [0, 0.05) is 11.3 Å². The van der Waals surface area contributed by atoms with E-state index in [0.717, 1.165) is 5.56 Å². The highest BCUT2D eigenvalue weighted by Crippen LogP contribution is 2.25. The summed E-state index contributed by atoms with van der Waals surface area (Å²) in [6.07, 6.45) is 0. The number of carbonyl (C=O) groups is 1. The lowest BCUT2D eigenvalue weighted by Gasteiger charge is -2.09. The van der Waals surface area contributed by atoms with Crippen LogP contribution in [0.4, 0.5) is 18.9 Å². The molecule has 1 amide bonds. The molecule has 0 bridgehead atoms. The Hall–Kier alpha value is -4.92. The Morgan fingerprint density at radius 1 is 0.811 bits per heavy atom. The van der Waals surface area contributed by atoms with Crippen LogP contribution in [0.2, 0.25) is 0 Å². The van der Waals surface area contributed by atoms with Gasteiger partial charge in [0.05, 0.1) is 11.3 Å². The third-order valence-electron chi connectivity index (χ3n) is 5.46. The predicted octanol–water partition coefficient (Wildman–Crippen LogP) is 6.18. The average molecular weight is 500 g/mol. The van der Waals surface area contributed by atoms with Gasteiger partial charge in [-0.2, -0.15) is 4.98 Å². The van der Waals surface area contributed by atoms with Crippen molar-refractivity contribution in [2.75, 3.05) is 5.32 Å². The molecule has 0 aliphatic carbocycles. The summed E-state index contributed by atoms with van der Waals surface area (Å²) in [6, 6.07) is 24.1. The van der Waals surface area contributed by atoms with E-state index in [2.05, 4.69) is 15.4 Å². The summed E-state index contributed by atoms with van der Waals surface area (Å²) in [7, 11) is 0. The van der Waals surface area contributed by atoms with Gasteiger partial charge in [0.1, 0.15) is 24.1 Å². The SMILES string of the molecule is O=C(Nc1ccc(-n2nc(OCc3ccc(F)cc3)nc2-c2ccc(F)cc2)cc1)c1ccccc1F. The number of rotatable bonds is 7. The summed E-state index contributed by atoms with van der Waals surface area (Å²) in [5.74, 6) is -1.53. The molecule has 0 atom stereocenters. The van der Waals surface area contributed by atoms with E-state index in [0.29, 0.717) is 22.8 Å². The number of ether oxygens (including phenoxy) is 1. The van der Waals surface area contributed by atoms with Gasteiger partial charge in [0.15, 0.2) is 5.82 Å². The van der Waals surface area contributed by atoms with Crippen molar-refractivity contribution in [2.24, 2.45) is 0 Å². The van der Waals surface area contributed by atoms with Crippen LogP contribution in [0.15, 0.2) is 97.1 Å². The van der Waals surface area contributed by atoms with E-state index >= 15 is 0 Å². The second kappa shape index (κ2) is 10.4. The summed E-state index contributed by atoms with van der Waals surface area (Å²) >= 11 is 0. The van der Waals surface area contributed by atoms with E-state index in [1.165, 1.54) is 47.1 Å². The molecule has 9 heteroatoms. The normalized spacial score (nSPS) is 10.8. The smallest absolute Gasteiger partial charge is 0.336 e. The zero-order valence-corrected chi connectivity index (χ0v) is 19.2. The van der Waals surface area contributed by atoms with Crippen LogP contribution in [0.25, 0.3) is 17.1 Å². The van der Waals surface area contributed by atoms with E-state index < -0.39 is 17.5 Å². The highest BCUT2D eigenvalue weighted by atomic mass is 19.1. The molecule has 37 heavy (non-hydrogen) atoms. The van der Waals surface area contributed by atoms with Crippen LogP contribution in [0, 0.1) is 17.5 Å². The molecule has 5 aromatic rings. The molecule has 5 rings (SSSR count). The van der Waals surface area contributed by atoms with Crippen LogP contribution in [0.5, 0.6) is 6.01 Å². The fourth-order valence-corrected chi connectivity index (χ4v) is 3.58. The van der Waals surface area contributed by atoms with Crippen molar-refractivity contribution < 1.29 is 22.7 Å². The first-order valence-electron chi connectivity index (χ1n) is 11.2. The monoisotopic (exact) mass is 500 g/mol. The van der Waals surface area contributed by atoms with E-state index in [4.69, 9.17) is 4.74 Å². The average Bonchev–Trinajstić information content (AvgIpc) is 3.34. The lowest BCUT2D eigenvalue weighted by molar-refractivity contribution is 0.102. The van der Waals surface area contributed by atoms with Gasteiger partial charge in [-0.05, 0) is 78.4 Å². The molecule has 0 fully saturated rings. The number of aromatic nitrogens is 3. The Bertz CT molecular complexity index is 1530. The highest BCUT2D eigenvalue weighted by molar-refractivity contribution is 6.04. The van der Waals surface area contributed by atoms with Gasteiger partial charge in [-0.15, -0.1) is 5.10 Å². The van der Waals surface area contributed by atoms with Gasteiger partial charge in [0.25, 0.3) is 5.91 Å². The molecule has 4 aromatic carbocycles. The topological polar surface area (TPSA) is 69.0 Å². The molecule has 6 nitrogen and oxygen atoms in total. The van der Waals surface area contributed by atoms with Crippen molar-refractivity contribution in [3.63, 3.8) is 0 Å². The molecule has 0 aliphatic heterocycles. The zero-order chi connectivity index (χ0) is 25.8. The number of amides is 1. The highest BCUT2D eigenvalue weighted by Gasteiger charge is 2.16. The molecule has 1 N–H and O–H groups in total. The van der Waals surface area contributed by atoms with Crippen molar-refractivity contribution in [3.8, 4) is 23.1 Å². The second-order valence-electron chi connectivity index (χ2n) is 8.03. The molecule has 1 aromatic heterocycles. The zero-order valence-electron chi connectivity index (χ0n) is 19.2. The van der Waals surface area contributed by atoms with E-state index in [9.17, 15) is 18.0 Å². The second-order valence-corrected chi connectivity index (χ2v) is 8.03. The number of nitrogens with zero attached hydrogens (tertiary/aromatic N) is 3. The first kappa shape index (κ1) is 23.8. The molecule has 0 unspecified atom stereocenters. The fourth-order valence-electron chi connectivity index (χ4n) is 3.58. The van der Waals surface area contributed by atoms with Crippen LogP contribution in [-0.2, 0) is 6.61 Å². The Morgan fingerprint density at radius 2 is 1.46 bits per heavy atom. The fraction of sp³-hybridized carbons (Fsp3) is 0.0357. The first-order valence-corrected chi connectivity index (χ1v) is 11.2. The first-order chi connectivity index (χ1) is 18.0. The number of anilines is 1. The van der Waals surface area contributed by atoms with Crippen LogP contribution in [-0.4, -0.2) is 20.7 Å². The summed E-state index contributed by atoms with van der Waals surface area (Å²) in [6.45, 7) is 0.119.